The van der Waals surface area contributed by atoms with Crippen LogP contribution in [0.15, 0.2) is 16.6 Å². The second-order valence-corrected chi connectivity index (χ2v) is 6.98. The minimum Gasteiger partial charge on any atom is -0.459 e. The zero-order valence-corrected chi connectivity index (χ0v) is 13.3. The van der Waals surface area contributed by atoms with E-state index in [2.05, 4.69) is 29.8 Å². The number of hydrogen-bond donors (Lipinski definition) is 1. The van der Waals surface area contributed by atoms with Gasteiger partial charge in [0, 0.05) is 4.47 Å². The normalized spacial score (nSPS) is 18.8. The number of nitrogens with two attached hydrogens (primary N) is 1. The average Bonchev–Trinajstić information content (AvgIpc) is 2.36. The summed E-state index contributed by atoms with van der Waals surface area (Å²) in [6.45, 7) is 4.45. The molecule has 20 heavy (non-hydrogen) atoms. The number of anilines is 1. The second-order valence-electron chi connectivity index (χ2n) is 6.12. The van der Waals surface area contributed by atoms with Crippen LogP contribution in [0, 0.1) is 11.2 Å². The van der Waals surface area contributed by atoms with Crippen LogP contribution in [-0.2, 0) is 4.74 Å². The van der Waals surface area contributed by atoms with Gasteiger partial charge >= 0.3 is 5.97 Å². The van der Waals surface area contributed by atoms with Crippen LogP contribution >= 0.6 is 15.9 Å². The molecule has 0 heterocycles. The van der Waals surface area contributed by atoms with E-state index in [0.29, 0.717) is 9.89 Å². The molecule has 3 nitrogen and oxygen atoms in total. The van der Waals surface area contributed by atoms with Gasteiger partial charge in [0.25, 0.3) is 0 Å². The first kappa shape index (κ1) is 15.3. The summed E-state index contributed by atoms with van der Waals surface area (Å²) in [6.07, 6.45) is 3.75. The van der Waals surface area contributed by atoms with Crippen molar-refractivity contribution in [3.8, 4) is 0 Å². The molecule has 0 bridgehead atoms. The molecule has 1 aromatic rings. The van der Waals surface area contributed by atoms with Crippen LogP contribution in [0.5, 0.6) is 0 Å². The summed E-state index contributed by atoms with van der Waals surface area (Å²) in [7, 11) is 0. The third kappa shape index (κ3) is 3.51. The van der Waals surface area contributed by atoms with E-state index in [4.69, 9.17) is 10.5 Å². The molecule has 0 amide bonds. The Kier molecular flexibility index (Phi) is 4.37. The number of rotatable bonds is 2. The number of nitrogen functional groups attached to an aromatic ring is 1. The van der Waals surface area contributed by atoms with E-state index in [0.717, 1.165) is 25.7 Å². The van der Waals surface area contributed by atoms with E-state index in [9.17, 15) is 9.18 Å². The van der Waals surface area contributed by atoms with Crippen molar-refractivity contribution >= 4 is 27.6 Å². The molecule has 1 aromatic carbocycles. The summed E-state index contributed by atoms with van der Waals surface area (Å²) < 4.78 is 19.1. The van der Waals surface area contributed by atoms with Gasteiger partial charge in [0.15, 0.2) is 0 Å². The van der Waals surface area contributed by atoms with Gasteiger partial charge in [0.1, 0.15) is 11.9 Å². The van der Waals surface area contributed by atoms with Crippen molar-refractivity contribution < 1.29 is 13.9 Å². The van der Waals surface area contributed by atoms with Gasteiger partial charge in [-0.1, -0.05) is 13.8 Å². The SMILES string of the molecule is CC1(C)CCC(OC(=O)c2cc(N)c(F)cc2Br)CC1. The van der Waals surface area contributed by atoms with Crippen LogP contribution in [0.25, 0.3) is 0 Å². The molecule has 1 saturated carbocycles. The number of esters is 1. The highest BCUT2D eigenvalue weighted by Crippen LogP contribution is 2.36. The van der Waals surface area contributed by atoms with E-state index >= 15 is 0 Å². The maximum Gasteiger partial charge on any atom is 0.339 e. The zero-order chi connectivity index (χ0) is 14.9. The highest BCUT2D eigenvalue weighted by Gasteiger charge is 2.29. The number of carbonyl (C=O) groups excluding carboxylic acids is 1. The van der Waals surface area contributed by atoms with Gasteiger partial charge in [-0.3, -0.25) is 0 Å². The maximum absolute atomic E-state index is 13.3. The maximum atomic E-state index is 13.3. The summed E-state index contributed by atoms with van der Waals surface area (Å²) in [4.78, 5) is 12.1. The first-order valence-electron chi connectivity index (χ1n) is 6.74. The molecule has 0 spiro atoms. The zero-order valence-electron chi connectivity index (χ0n) is 11.7. The Bertz CT molecular complexity index is 521. The monoisotopic (exact) mass is 343 g/mol. The van der Waals surface area contributed by atoms with Crippen molar-refractivity contribution in [3.63, 3.8) is 0 Å². The van der Waals surface area contributed by atoms with E-state index in [1.54, 1.807) is 0 Å². The van der Waals surface area contributed by atoms with Crippen LogP contribution in [0.3, 0.4) is 0 Å². The van der Waals surface area contributed by atoms with Crippen molar-refractivity contribution in [2.45, 2.75) is 45.6 Å². The molecular formula is C15H19BrFNO2. The lowest BCUT2D eigenvalue weighted by molar-refractivity contribution is 0.00942. The predicted molar refractivity (Wildman–Crippen MR) is 80.0 cm³/mol. The van der Waals surface area contributed by atoms with E-state index in [1.165, 1.54) is 12.1 Å². The van der Waals surface area contributed by atoms with Gasteiger partial charge in [-0.2, -0.15) is 0 Å². The molecule has 5 heteroatoms. The molecule has 0 aromatic heterocycles. The van der Waals surface area contributed by atoms with Crippen LogP contribution < -0.4 is 5.73 Å². The first-order chi connectivity index (χ1) is 9.28. The Morgan fingerprint density at radius 2 is 2.00 bits per heavy atom. The Balaban J connectivity index is 2.04. The second kappa shape index (κ2) is 5.72. The first-order valence-corrected chi connectivity index (χ1v) is 7.53. The molecule has 0 unspecified atom stereocenters. The van der Waals surface area contributed by atoms with Gasteiger partial charge in [-0.25, -0.2) is 9.18 Å². The Morgan fingerprint density at radius 1 is 1.40 bits per heavy atom. The number of halogens is 2. The molecule has 1 aliphatic rings. The highest BCUT2D eigenvalue weighted by atomic mass is 79.9. The van der Waals surface area contributed by atoms with Crippen molar-refractivity contribution in [2.75, 3.05) is 5.73 Å². The molecule has 0 atom stereocenters. The fraction of sp³-hybridized carbons (Fsp3) is 0.533. The standard InChI is InChI=1S/C15H19BrFNO2/c1-15(2)5-3-9(4-6-15)20-14(19)10-7-13(18)12(17)8-11(10)16/h7-9H,3-6,18H2,1-2H3. The largest absolute Gasteiger partial charge is 0.459 e. The number of hydrogen-bond acceptors (Lipinski definition) is 3. The summed E-state index contributed by atoms with van der Waals surface area (Å²) in [6, 6.07) is 2.50. The fourth-order valence-electron chi connectivity index (χ4n) is 2.43. The van der Waals surface area contributed by atoms with Gasteiger partial charge in [-0.05, 0) is 59.2 Å². The third-order valence-electron chi connectivity index (χ3n) is 3.87. The minimum atomic E-state index is -0.548. The number of ether oxygens (including phenoxy) is 1. The lowest BCUT2D eigenvalue weighted by atomic mass is 9.76. The number of benzene rings is 1. The van der Waals surface area contributed by atoms with Gasteiger partial charge in [-0.15, -0.1) is 0 Å². The summed E-state index contributed by atoms with van der Waals surface area (Å²) in [5, 5.41) is 0. The lowest BCUT2D eigenvalue weighted by Gasteiger charge is -2.33. The van der Waals surface area contributed by atoms with Crippen LogP contribution in [0.2, 0.25) is 0 Å². The Morgan fingerprint density at radius 3 is 2.60 bits per heavy atom. The van der Waals surface area contributed by atoms with E-state index < -0.39 is 11.8 Å². The topological polar surface area (TPSA) is 52.3 Å². The Hall–Kier alpha value is -1.10. The summed E-state index contributed by atoms with van der Waals surface area (Å²) in [5.74, 6) is -0.999. The summed E-state index contributed by atoms with van der Waals surface area (Å²) >= 11 is 3.17. The fourth-order valence-corrected chi connectivity index (χ4v) is 2.90. The van der Waals surface area contributed by atoms with Crippen LogP contribution in [-0.4, -0.2) is 12.1 Å². The highest BCUT2D eigenvalue weighted by molar-refractivity contribution is 9.10. The molecule has 2 rings (SSSR count). The number of carbonyl (C=O) groups is 1. The minimum absolute atomic E-state index is 0.0510. The molecule has 1 aliphatic carbocycles. The van der Waals surface area contributed by atoms with Crippen LogP contribution in [0.4, 0.5) is 10.1 Å². The lowest BCUT2D eigenvalue weighted by Crippen LogP contribution is -2.28. The van der Waals surface area contributed by atoms with E-state index in [-0.39, 0.29) is 17.4 Å². The van der Waals surface area contributed by atoms with Crippen molar-refractivity contribution in [1.82, 2.24) is 0 Å². The molecule has 0 radical (unpaired) electrons. The molecule has 0 saturated heterocycles. The van der Waals surface area contributed by atoms with Gasteiger partial charge in [0.2, 0.25) is 0 Å². The molecular weight excluding hydrogens is 325 g/mol. The predicted octanol–water partition coefficient (Wildman–Crippen LogP) is 4.30. The molecule has 2 N–H and O–H groups in total. The van der Waals surface area contributed by atoms with Crippen molar-refractivity contribution in [1.29, 1.82) is 0 Å². The van der Waals surface area contributed by atoms with Gasteiger partial charge < -0.3 is 10.5 Å². The third-order valence-corrected chi connectivity index (χ3v) is 4.52. The smallest absolute Gasteiger partial charge is 0.339 e. The molecule has 0 aliphatic heterocycles. The quantitative estimate of drug-likeness (QED) is 0.643. The summed E-state index contributed by atoms with van der Waals surface area (Å²) in [5.41, 5.74) is 6.04. The van der Waals surface area contributed by atoms with Crippen molar-refractivity contribution in [3.05, 3.63) is 28.0 Å². The van der Waals surface area contributed by atoms with Crippen molar-refractivity contribution in [2.24, 2.45) is 5.41 Å². The molecule has 1 fully saturated rings. The average molecular weight is 344 g/mol. The van der Waals surface area contributed by atoms with E-state index in [1.807, 2.05) is 0 Å². The van der Waals surface area contributed by atoms with Crippen LogP contribution in [0.1, 0.15) is 49.9 Å². The molecule has 110 valence electrons. The van der Waals surface area contributed by atoms with Gasteiger partial charge in [0.05, 0.1) is 11.3 Å². The Labute approximate surface area is 126 Å².